The third-order valence-electron chi connectivity index (χ3n) is 4.68. The van der Waals surface area contributed by atoms with Crippen LogP contribution in [0.3, 0.4) is 0 Å². The molecule has 1 aliphatic rings. The molecular formula is C19H26N4O2. The van der Waals surface area contributed by atoms with E-state index in [1.807, 2.05) is 18.3 Å². The fraction of sp³-hybridized carbons (Fsp3) is 0.474. The van der Waals surface area contributed by atoms with E-state index in [0.29, 0.717) is 6.54 Å². The minimum Gasteiger partial charge on any atom is -0.497 e. The van der Waals surface area contributed by atoms with Gasteiger partial charge in [-0.3, -0.25) is 5.10 Å². The van der Waals surface area contributed by atoms with Crippen LogP contribution in [0.25, 0.3) is 0 Å². The summed E-state index contributed by atoms with van der Waals surface area (Å²) in [5.74, 6) is 0.880. The van der Waals surface area contributed by atoms with Crippen LogP contribution in [0.4, 0.5) is 4.79 Å². The van der Waals surface area contributed by atoms with Gasteiger partial charge in [0.25, 0.3) is 0 Å². The number of urea groups is 1. The zero-order chi connectivity index (χ0) is 17.5. The van der Waals surface area contributed by atoms with Gasteiger partial charge in [-0.25, -0.2) is 4.79 Å². The number of ether oxygens (including phenoxy) is 1. The highest BCUT2D eigenvalue weighted by Gasteiger charge is 2.23. The predicted molar refractivity (Wildman–Crippen MR) is 96.7 cm³/mol. The summed E-state index contributed by atoms with van der Waals surface area (Å²) in [5, 5.41) is 13.1. The highest BCUT2D eigenvalue weighted by Crippen LogP contribution is 2.27. The Bertz CT molecular complexity index is 681. The quantitative estimate of drug-likeness (QED) is 0.677. The molecular weight excluding hydrogens is 316 g/mol. The number of unbranched alkanes of at least 4 members (excludes halogenated alkanes) is 1. The van der Waals surface area contributed by atoms with E-state index >= 15 is 0 Å². The van der Waals surface area contributed by atoms with E-state index in [-0.39, 0.29) is 12.1 Å². The van der Waals surface area contributed by atoms with Crippen LogP contribution < -0.4 is 15.4 Å². The number of methoxy groups -OCH3 is 1. The number of fused-ring (bicyclic) bond motifs is 1. The van der Waals surface area contributed by atoms with Gasteiger partial charge in [-0.05, 0) is 61.8 Å². The summed E-state index contributed by atoms with van der Waals surface area (Å²) < 4.78 is 5.16. The van der Waals surface area contributed by atoms with E-state index in [0.717, 1.165) is 50.0 Å². The van der Waals surface area contributed by atoms with Crippen LogP contribution >= 0.6 is 0 Å². The number of hydrogen-bond acceptors (Lipinski definition) is 3. The number of carbonyl (C=O) groups excluding carboxylic acids is 1. The van der Waals surface area contributed by atoms with Gasteiger partial charge in [0.05, 0.1) is 25.0 Å². The Kier molecular flexibility index (Phi) is 5.93. The molecule has 1 atom stereocenters. The van der Waals surface area contributed by atoms with Crippen molar-refractivity contribution in [3.8, 4) is 5.75 Å². The Morgan fingerprint density at radius 2 is 2.16 bits per heavy atom. The largest absolute Gasteiger partial charge is 0.497 e. The van der Waals surface area contributed by atoms with E-state index in [1.165, 1.54) is 11.1 Å². The molecule has 0 spiro atoms. The Labute approximate surface area is 148 Å². The number of nitrogens with zero attached hydrogens (tertiary/aromatic N) is 1. The molecule has 134 valence electrons. The molecule has 25 heavy (non-hydrogen) atoms. The van der Waals surface area contributed by atoms with Crippen molar-refractivity contribution in [2.24, 2.45) is 0 Å². The average Bonchev–Trinajstić information content (AvgIpc) is 3.12. The summed E-state index contributed by atoms with van der Waals surface area (Å²) in [5.41, 5.74) is 3.57. The maximum Gasteiger partial charge on any atom is 0.315 e. The Morgan fingerprint density at radius 1 is 1.32 bits per heavy atom. The molecule has 6 nitrogen and oxygen atoms in total. The molecule has 0 fully saturated rings. The lowest BCUT2D eigenvalue weighted by Gasteiger charge is -2.23. The van der Waals surface area contributed by atoms with Crippen molar-refractivity contribution >= 4 is 6.03 Å². The van der Waals surface area contributed by atoms with E-state index in [2.05, 4.69) is 33.0 Å². The second kappa shape index (κ2) is 8.55. The summed E-state index contributed by atoms with van der Waals surface area (Å²) in [6, 6.07) is 8.08. The first kappa shape index (κ1) is 17.3. The lowest BCUT2D eigenvalue weighted by Crippen LogP contribution is -2.39. The molecule has 1 aromatic carbocycles. The maximum atomic E-state index is 12.1. The van der Waals surface area contributed by atoms with Crippen molar-refractivity contribution in [3.63, 3.8) is 0 Å². The number of carbonyl (C=O) groups is 1. The monoisotopic (exact) mass is 342 g/mol. The smallest absolute Gasteiger partial charge is 0.315 e. The van der Waals surface area contributed by atoms with Crippen LogP contribution in [0.5, 0.6) is 5.75 Å². The van der Waals surface area contributed by atoms with Crippen molar-refractivity contribution in [1.82, 2.24) is 20.8 Å². The zero-order valence-corrected chi connectivity index (χ0v) is 14.7. The van der Waals surface area contributed by atoms with Gasteiger partial charge in [0.2, 0.25) is 0 Å². The molecule has 1 aliphatic carbocycles. The minimum absolute atomic E-state index is 0.0468. The van der Waals surface area contributed by atoms with Crippen LogP contribution in [0.1, 0.15) is 48.5 Å². The lowest BCUT2D eigenvalue weighted by atomic mass is 9.94. The standard InChI is InChI=1S/C19H26N4O2/c1-25-16-10-8-14(9-11-16)5-2-3-12-20-19(24)22-17-7-4-6-15-13-21-23-18(15)17/h8-11,13,17H,2-7,12H2,1H3,(H,21,23)(H2,20,22,24). The summed E-state index contributed by atoms with van der Waals surface area (Å²) in [4.78, 5) is 12.1. The highest BCUT2D eigenvalue weighted by atomic mass is 16.5. The molecule has 1 unspecified atom stereocenters. The SMILES string of the molecule is COc1ccc(CCCCNC(=O)NC2CCCc3cn[nH]c32)cc1. The lowest BCUT2D eigenvalue weighted by molar-refractivity contribution is 0.235. The van der Waals surface area contributed by atoms with Crippen molar-refractivity contribution in [1.29, 1.82) is 0 Å². The molecule has 0 saturated heterocycles. The van der Waals surface area contributed by atoms with Crippen LogP contribution in [0.15, 0.2) is 30.5 Å². The van der Waals surface area contributed by atoms with Crippen LogP contribution in [0.2, 0.25) is 0 Å². The molecule has 2 aromatic rings. The van der Waals surface area contributed by atoms with Gasteiger partial charge in [0.1, 0.15) is 5.75 Å². The number of benzene rings is 1. The molecule has 0 radical (unpaired) electrons. The number of H-pyrrole nitrogens is 1. The first-order chi connectivity index (χ1) is 12.3. The van der Waals surface area contributed by atoms with Crippen LogP contribution in [-0.2, 0) is 12.8 Å². The van der Waals surface area contributed by atoms with E-state index < -0.39 is 0 Å². The van der Waals surface area contributed by atoms with E-state index in [9.17, 15) is 4.79 Å². The predicted octanol–water partition coefficient (Wildman–Crippen LogP) is 3.12. The van der Waals surface area contributed by atoms with Gasteiger partial charge in [0.15, 0.2) is 0 Å². The van der Waals surface area contributed by atoms with Crippen LogP contribution in [-0.4, -0.2) is 29.9 Å². The fourth-order valence-electron chi connectivity index (χ4n) is 3.26. The molecule has 0 aliphatic heterocycles. The molecule has 6 heteroatoms. The number of hydrogen-bond donors (Lipinski definition) is 3. The van der Waals surface area contributed by atoms with Gasteiger partial charge >= 0.3 is 6.03 Å². The van der Waals surface area contributed by atoms with E-state index in [1.54, 1.807) is 7.11 Å². The van der Waals surface area contributed by atoms with Gasteiger partial charge in [-0.2, -0.15) is 5.10 Å². The fourth-order valence-corrected chi connectivity index (χ4v) is 3.26. The number of aromatic amines is 1. The number of aromatic nitrogens is 2. The molecule has 1 heterocycles. The number of nitrogens with one attached hydrogen (secondary N) is 3. The van der Waals surface area contributed by atoms with Crippen molar-refractivity contribution in [2.45, 2.75) is 44.6 Å². The molecule has 3 rings (SSSR count). The topological polar surface area (TPSA) is 79.0 Å². The van der Waals surface area contributed by atoms with Crippen molar-refractivity contribution < 1.29 is 9.53 Å². The minimum atomic E-state index is -0.100. The van der Waals surface area contributed by atoms with E-state index in [4.69, 9.17) is 4.74 Å². The first-order valence-electron chi connectivity index (χ1n) is 8.95. The summed E-state index contributed by atoms with van der Waals surface area (Å²) >= 11 is 0. The highest BCUT2D eigenvalue weighted by molar-refractivity contribution is 5.74. The Hall–Kier alpha value is -2.50. The van der Waals surface area contributed by atoms with Gasteiger partial charge in [0, 0.05) is 6.54 Å². The third-order valence-corrected chi connectivity index (χ3v) is 4.68. The maximum absolute atomic E-state index is 12.1. The molecule has 2 amide bonds. The van der Waals surface area contributed by atoms with Crippen molar-refractivity contribution in [2.75, 3.05) is 13.7 Å². The van der Waals surface area contributed by atoms with Crippen LogP contribution in [0, 0.1) is 0 Å². The number of rotatable bonds is 7. The summed E-state index contributed by atoms with van der Waals surface area (Å²) in [6.45, 7) is 0.685. The van der Waals surface area contributed by atoms with Crippen molar-refractivity contribution in [3.05, 3.63) is 47.3 Å². The summed E-state index contributed by atoms with van der Waals surface area (Å²) in [6.07, 6.45) is 7.95. The number of aryl methyl sites for hydroxylation is 2. The molecule has 0 bridgehead atoms. The molecule has 3 N–H and O–H groups in total. The first-order valence-corrected chi connectivity index (χ1v) is 8.95. The molecule has 1 aromatic heterocycles. The normalized spacial score (nSPS) is 16.1. The second-order valence-electron chi connectivity index (χ2n) is 6.46. The third kappa shape index (κ3) is 4.75. The zero-order valence-electron chi connectivity index (χ0n) is 14.7. The van der Waals surface area contributed by atoms with Gasteiger partial charge < -0.3 is 15.4 Å². The molecule has 0 saturated carbocycles. The van der Waals surface area contributed by atoms with Gasteiger partial charge in [-0.15, -0.1) is 0 Å². The Morgan fingerprint density at radius 3 is 2.96 bits per heavy atom. The second-order valence-corrected chi connectivity index (χ2v) is 6.46. The average molecular weight is 342 g/mol. The Balaban J connectivity index is 1.33. The van der Waals surface area contributed by atoms with Gasteiger partial charge in [-0.1, -0.05) is 12.1 Å². The summed E-state index contributed by atoms with van der Waals surface area (Å²) in [7, 11) is 1.67. The number of amides is 2.